The number of ether oxygens (including phenoxy) is 3. The number of likely N-dealkylation sites (tertiary alicyclic amines) is 1. The fourth-order valence-corrected chi connectivity index (χ4v) is 4.97. The van der Waals surface area contributed by atoms with E-state index in [0.29, 0.717) is 36.4 Å². The van der Waals surface area contributed by atoms with Gasteiger partial charge in [0.1, 0.15) is 13.2 Å². The highest BCUT2D eigenvalue weighted by molar-refractivity contribution is 8.01. The third-order valence-electron chi connectivity index (χ3n) is 4.55. The second kappa shape index (κ2) is 5.35. The van der Waals surface area contributed by atoms with Crippen LogP contribution < -0.4 is 9.47 Å². The van der Waals surface area contributed by atoms with Crippen LogP contribution in [0.15, 0.2) is 18.2 Å². The van der Waals surface area contributed by atoms with Gasteiger partial charge in [-0.2, -0.15) is 0 Å². The van der Waals surface area contributed by atoms with Gasteiger partial charge in [0.15, 0.2) is 11.5 Å². The predicted molar refractivity (Wildman–Crippen MR) is 83.9 cm³/mol. The number of benzene rings is 1. The summed E-state index contributed by atoms with van der Waals surface area (Å²) in [5, 5.41) is 0. The maximum absolute atomic E-state index is 12.7. The van der Waals surface area contributed by atoms with E-state index in [1.54, 1.807) is 7.11 Å². The summed E-state index contributed by atoms with van der Waals surface area (Å²) in [5.41, 5.74) is 0.610. The van der Waals surface area contributed by atoms with E-state index in [9.17, 15) is 4.79 Å². The van der Waals surface area contributed by atoms with Crippen molar-refractivity contribution in [3.63, 3.8) is 0 Å². The number of thioether (sulfide) groups is 1. The monoisotopic (exact) mass is 321 g/mol. The molecule has 0 radical (unpaired) electrons. The Kier molecular flexibility index (Phi) is 3.46. The van der Waals surface area contributed by atoms with E-state index >= 15 is 0 Å². The minimum absolute atomic E-state index is 0.0365. The summed E-state index contributed by atoms with van der Waals surface area (Å²) >= 11 is 1.93. The van der Waals surface area contributed by atoms with Crippen LogP contribution in [0.4, 0.5) is 0 Å². The van der Waals surface area contributed by atoms with Gasteiger partial charge < -0.3 is 19.1 Å². The molecule has 1 unspecified atom stereocenters. The third-order valence-corrected chi connectivity index (χ3v) is 6.13. The van der Waals surface area contributed by atoms with Crippen molar-refractivity contribution in [1.82, 2.24) is 4.90 Å². The van der Waals surface area contributed by atoms with Crippen molar-refractivity contribution in [3.8, 4) is 11.5 Å². The molecule has 0 saturated carbocycles. The molecule has 1 spiro atoms. The molecule has 2 fully saturated rings. The average Bonchev–Trinajstić information content (AvgIpc) is 2.97. The Morgan fingerprint density at radius 1 is 1.36 bits per heavy atom. The van der Waals surface area contributed by atoms with E-state index in [1.165, 1.54) is 0 Å². The van der Waals surface area contributed by atoms with Crippen LogP contribution in [0.25, 0.3) is 0 Å². The number of carbonyl (C=O) groups is 1. The Labute approximate surface area is 133 Å². The zero-order valence-electron chi connectivity index (χ0n) is 12.5. The van der Waals surface area contributed by atoms with Crippen LogP contribution in [-0.4, -0.2) is 60.8 Å². The van der Waals surface area contributed by atoms with Crippen molar-refractivity contribution in [1.29, 1.82) is 0 Å². The summed E-state index contributed by atoms with van der Waals surface area (Å²) < 4.78 is 16.8. The number of para-hydroxylation sites is 1. The first kappa shape index (κ1) is 14.2. The van der Waals surface area contributed by atoms with E-state index in [1.807, 2.05) is 34.9 Å². The maximum Gasteiger partial charge on any atom is 0.257 e. The summed E-state index contributed by atoms with van der Waals surface area (Å²) in [7, 11) is 1.76. The number of nitrogens with zero attached hydrogens (tertiary/aromatic N) is 1. The van der Waals surface area contributed by atoms with E-state index in [0.717, 1.165) is 25.3 Å². The number of fused-ring (bicyclic) bond motifs is 1. The zero-order valence-corrected chi connectivity index (χ0v) is 13.4. The Morgan fingerprint density at radius 3 is 2.95 bits per heavy atom. The minimum Gasteiger partial charge on any atom is -0.486 e. The number of carbonyl (C=O) groups excluding carboxylic acids is 1. The van der Waals surface area contributed by atoms with Crippen LogP contribution >= 0.6 is 11.8 Å². The first-order chi connectivity index (χ1) is 10.7. The lowest BCUT2D eigenvalue weighted by molar-refractivity contribution is 0.0445. The summed E-state index contributed by atoms with van der Waals surface area (Å²) in [6, 6.07) is 5.51. The Hall–Kier alpha value is -1.40. The average molecular weight is 321 g/mol. The van der Waals surface area contributed by atoms with Crippen molar-refractivity contribution in [3.05, 3.63) is 23.8 Å². The predicted octanol–water partition coefficient (Wildman–Crippen LogP) is 1.80. The van der Waals surface area contributed by atoms with Crippen molar-refractivity contribution >= 4 is 17.7 Å². The molecule has 1 aromatic carbocycles. The molecule has 1 aromatic rings. The lowest BCUT2D eigenvalue weighted by Crippen LogP contribution is -2.60. The van der Waals surface area contributed by atoms with Crippen molar-refractivity contribution in [2.45, 2.75) is 17.3 Å². The molecule has 2 saturated heterocycles. The molecular weight excluding hydrogens is 302 g/mol. The lowest BCUT2D eigenvalue weighted by Gasteiger charge is -2.47. The molecule has 0 N–H and O–H groups in total. The summed E-state index contributed by atoms with van der Waals surface area (Å²) in [6.07, 6.45) is 1.35. The van der Waals surface area contributed by atoms with Gasteiger partial charge in [-0.05, 0) is 18.6 Å². The van der Waals surface area contributed by atoms with E-state index in [2.05, 4.69) is 0 Å². The Morgan fingerprint density at radius 2 is 2.18 bits per heavy atom. The van der Waals surface area contributed by atoms with E-state index in [-0.39, 0.29) is 10.7 Å². The maximum atomic E-state index is 12.7. The summed E-state index contributed by atoms with van der Waals surface area (Å²) in [6.45, 7) is 2.61. The van der Waals surface area contributed by atoms with Crippen LogP contribution in [0.3, 0.4) is 0 Å². The highest BCUT2D eigenvalue weighted by Gasteiger charge is 2.51. The van der Waals surface area contributed by atoms with Gasteiger partial charge in [0, 0.05) is 26.0 Å². The van der Waals surface area contributed by atoms with Gasteiger partial charge in [-0.15, -0.1) is 11.8 Å². The lowest BCUT2D eigenvalue weighted by atomic mass is 9.92. The first-order valence-corrected chi connectivity index (χ1v) is 8.54. The van der Waals surface area contributed by atoms with Crippen LogP contribution in [0.1, 0.15) is 16.8 Å². The molecule has 0 aromatic heterocycles. The number of hydrogen-bond donors (Lipinski definition) is 0. The molecule has 1 atom stereocenters. The molecule has 1 amide bonds. The molecule has 3 heterocycles. The van der Waals surface area contributed by atoms with Crippen molar-refractivity contribution in [2.24, 2.45) is 0 Å². The molecule has 0 bridgehead atoms. The third kappa shape index (κ3) is 2.25. The zero-order chi connectivity index (χ0) is 15.2. The molecule has 3 aliphatic rings. The molecule has 118 valence electrons. The quantitative estimate of drug-likeness (QED) is 0.831. The summed E-state index contributed by atoms with van der Waals surface area (Å²) in [4.78, 5) is 14.6. The van der Waals surface area contributed by atoms with Gasteiger partial charge in [-0.25, -0.2) is 0 Å². The smallest absolute Gasteiger partial charge is 0.257 e. The molecular formula is C16H19NO4S. The Balaban J connectivity index is 1.48. The number of methoxy groups -OCH3 is 1. The van der Waals surface area contributed by atoms with Gasteiger partial charge in [0.05, 0.1) is 16.4 Å². The van der Waals surface area contributed by atoms with Crippen molar-refractivity contribution in [2.75, 3.05) is 39.2 Å². The van der Waals surface area contributed by atoms with Gasteiger partial charge in [-0.3, -0.25) is 4.79 Å². The number of rotatable bonds is 2. The SMILES string of the molecule is COC1CSC2(C1)CN(C(=O)c1cccc3c1OCCO3)C2. The molecule has 4 rings (SSSR count). The fourth-order valence-electron chi connectivity index (χ4n) is 3.38. The summed E-state index contributed by atoms with van der Waals surface area (Å²) in [5.74, 6) is 2.32. The number of amides is 1. The standard InChI is InChI=1S/C16H19NO4S/c1-19-11-7-16(22-8-11)9-17(10-16)15(18)12-3-2-4-13-14(12)21-6-5-20-13/h2-4,11H,5-10H2,1H3. The van der Waals surface area contributed by atoms with Crippen LogP contribution in [0, 0.1) is 0 Å². The van der Waals surface area contributed by atoms with Gasteiger partial charge in [0.25, 0.3) is 5.91 Å². The van der Waals surface area contributed by atoms with Crippen LogP contribution in [0.2, 0.25) is 0 Å². The second-order valence-corrected chi connectivity index (χ2v) is 7.53. The molecule has 3 aliphatic heterocycles. The highest BCUT2D eigenvalue weighted by Crippen LogP contribution is 2.47. The normalized spacial score (nSPS) is 25.1. The van der Waals surface area contributed by atoms with E-state index < -0.39 is 0 Å². The van der Waals surface area contributed by atoms with Crippen LogP contribution in [0.5, 0.6) is 11.5 Å². The minimum atomic E-state index is 0.0365. The Bertz CT molecular complexity index is 600. The van der Waals surface area contributed by atoms with Gasteiger partial charge in [0.2, 0.25) is 0 Å². The highest BCUT2D eigenvalue weighted by atomic mass is 32.2. The topological polar surface area (TPSA) is 48.0 Å². The fraction of sp³-hybridized carbons (Fsp3) is 0.562. The number of hydrogen-bond acceptors (Lipinski definition) is 5. The molecule has 5 nitrogen and oxygen atoms in total. The van der Waals surface area contributed by atoms with Crippen molar-refractivity contribution < 1.29 is 19.0 Å². The second-order valence-electron chi connectivity index (χ2n) is 6.05. The van der Waals surface area contributed by atoms with Gasteiger partial charge in [-0.1, -0.05) is 6.07 Å². The van der Waals surface area contributed by atoms with E-state index in [4.69, 9.17) is 14.2 Å². The largest absolute Gasteiger partial charge is 0.486 e. The molecule has 0 aliphatic carbocycles. The van der Waals surface area contributed by atoms with Crippen LogP contribution in [-0.2, 0) is 4.74 Å². The van der Waals surface area contributed by atoms with Gasteiger partial charge >= 0.3 is 0 Å². The molecule has 6 heteroatoms. The first-order valence-electron chi connectivity index (χ1n) is 7.55. The molecule has 22 heavy (non-hydrogen) atoms.